The van der Waals surface area contributed by atoms with Crippen LogP contribution in [-0.2, 0) is 6.54 Å². The summed E-state index contributed by atoms with van der Waals surface area (Å²) < 4.78 is 6.20. The summed E-state index contributed by atoms with van der Waals surface area (Å²) >= 11 is 3.50. The second-order valence-electron chi connectivity index (χ2n) is 5.02. The predicted molar refractivity (Wildman–Crippen MR) is 86.3 cm³/mol. The minimum Gasteiger partial charge on any atom is -0.496 e. The summed E-state index contributed by atoms with van der Waals surface area (Å²) in [7, 11) is 3.49. The van der Waals surface area contributed by atoms with E-state index >= 15 is 0 Å². The summed E-state index contributed by atoms with van der Waals surface area (Å²) in [4.78, 5) is 4.28. The SMILES string of the molecule is CN=C(NCc1ccc(OC)c(Br)c1)NC1CCCC1. The molecule has 5 heteroatoms. The number of hydrogen-bond donors (Lipinski definition) is 2. The fourth-order valence-electron chi connectivity index (χ4n) is 2.46. The minimum absolute atomic E-state index is 0.573. The zero-order valence-electron chi connectivity index (χ0n) is 12.1. The van der Waals surface area contributed by atoms with Gasteiger partial charge in [0.1, 0.15) is 5.75 Å². The first-order chi connectivity index (χ1) is 9.72. The molecule has 1 aliphatic carbocycles. The van der Waals surface area contributed by atoms with Gasteiger partial charge in [-0.2, -0.15) is 0 Å². The van der Waals surface area contributed by atoms with Crippen LogP contribution in [0.1, 0.15) is 31.2 Å². The highest BCUT2D eigenvalue weighted by Gasteiger charge is 2.15. The number of hydrogen-bond acceptors (Lipinski definition) is 2. The van der Waals surface area contributed by atoms with E-state index in [0.29, 0.717) is 6.04 Å². The van der Waals surface area contributed by atoms with Crippen LogP contribution in [-0.4, -0.2) is 26.2 Å². The van der Waals surface area contributed by atoms with Gasteiger partial charge in [0.15, 0.2) is 5.96 Å². The molecule has 1 aromatic rings. The molecule has 0 atom stereocenters. The molecular weight excluding hydrogens is 318 g/mol. The molecule has 20 heavy (non-hydrogen) atoms. The average Bonchev–Trinajstić information content (AvgIpc) is 2.96. The highest BCUT2D eigenvalue weighted by Crippen LogP contribution is 2.25. The summed E-state index contributed by atoms with van der Waals surface area (Å²) in [6, 6.07) is 6.66. The van der Waals surface area contributed by atoms with Crippen molar-refractivity contribution in [2.24, 2.45) is 4.99 Å². The van der Waals surface area contributed by atoms with Crippen LogP contribution in [0.4, 0.5) is 0 Å². The van der Waals surface area contributed by atoms with E-state index < -0.39 is 0 Å². The summed E-state index contributed by atoms with van der Waals surface area (Å²) in [5, 5.41) is 6.83. The lowest BCUT2D eigenvalue weighted by atomic mass is 10.2. The number of nitrogens with zero attached hydrogens (tertiary/aromatic N) is 1. The van der Waals surface area contributed by atoms with Gasteiger partial charge in [-0.25, -0.2) is 0 Å². The van der Waals surface area contributed by atoms with E-state index in [0.717, 1.165) is 22.7 Å². The van der Waals surface area contributed by atoms with Crippen LogP contribution >= 0.6 is 15.9 Å². The minimum atomic E-state index is 0.573. The van der Waals surface area contributed by atoms with Crippen molar-refractivity contribution >= 4 is 21.9 Å². The molecule has 4 nitrogen and oxygen atoms in total. The Morgan fingerprint density at radius 2 is 2.15 bits per heavy atom. The van der Waals surface area contributed by atoms with Crippen molar-refractivity contribution < 1.29 is 4.74 Å². The second kappa shape index (κ2) is 7.53. The van der Waals surface area contributed by atoms with Crippen LogP contribution in [0.2, 0.25) is 0 Å². The van der Waals surface area contributed by atoms with Crippen molar-refractivity contribution in [2.75, 3.05) is 14.2 Å². The van der Waals surface area contributed by atoms with Crippen LogP contribution in [0, 0.1) is 0 Å². The molecule has 0 unspecified atom stereocenters. The number of aliphatic imine (C=N–C) groups is 1. The number of ether oxygens (including phenoxy) is 1. The third-order valence-corrected chi connectivity index (χ3v) is 4.22. The fourth-order valence-corrected chi connectivity index (χ4v) is 3.05. The lowest BCUT2D eigenvalue weighted by Crippen LogP contribution is -2.41. The number of benzene rings is 1. The van der Waals surface area contributed by atoms with Crippen molar-refractivity contribution in [2.45, 2.75) is 38.3 Å². The van der Waals surface area contributed by atoms with Crippen molar-refractivity contribution in [3.05, 3.63) is 28.2 Å². The smallest absolute Gasteiger partial charge is 0.191 e. The molecule has 0 bridgehead atoms. The van der Waals surface area contributed by atoms with E-state index in [2.05, 4.69) is 43.7 Å². The topological polar surface area (TPSA) is 45.7 Å². The van der Waals surface area contributed by atoms with Gasteiger partial charge in [-0.3, -0.25) is 4.99 Å². The van der Waals surface area contributed by atoms with Gasteiger partial charge in [-0.05, 0) is 46.5 Å². The first-order valence-electron chi connectivity index (χ1n) is 7.02. The molecule has 1 saturated carbocycles. The summed E-state index contributed by atoms with van der Waals surface area (Å²) in [6.07, 6.45) is 5.13. The third-order valence-electron chi connectivity index (χ3n) is 3.60. The molecule has 0 amide bonds. The average molecular weight is 340 g/mol. The van der Waals surface area contributed by atoms with Gasteiger partial charge in [0.25, 0.3) is 0 Å². The van der Waals surface area contributed by atoms with Gasteiger partial charge >= 0.3 is 0 Å². The van der Waals surface area contributed by atoms with Crippen molar-refractivity contribution in [1.29, 1.82) is 0 Å². The molecule has 1 aliphatic rings. The molecule has 2 rings (SSSR count). The Balaban J connectivity index is 1.87. The largest absolute Gasteiger partial charge is 0.496 e. The molecule has 1 fully saturated rings. The summed E-state index contributed by atoms with van der Waals surface area (Å²) in [6.45, 7) is 0.745. The molecule has 0 spiro atoms. The Kier molecular flexibility index (Phi) is 5.71. The van der Waals surface area contributed by atoms with Gasteiger partial charge in [-0.1, -0.05) is 18.9 Å². The van der Waals surface area contributed by atoms with Crippen molar-refractivity contribution in [3.63, 3.8) is 0 Å². The molecular formula is C15H22BrN3O. The maximum absolute atomic E-state index is 5.23. The van der Waals surface area contributed by atoms with Crippen molar-refractivity contribution in [1.82, 2.24) is 10.6 Å². The highest BCUT2D eigenvalue weighted by molar-refractivity contribution is 9.10. The number of nitrogens with one attached hydrogen (secondary N) is 2. The lowest BCUT2D eigenvalue weighted by Gasteiger charge is -2.17. The third kappa shape index (κ3) is 4.13. The van der Waals surface area contributed by atoms with Crippen LogP contribution in [0.15, 0.2) is 27.7 Å². The Hall–Kier alpha value is -1.23. The lowest BCUT2D eigenvalue weighted by molar-refractivity contribution is 0.412. The molecule has 0 aromatic heterocycles. The predicted octanol–water partition coefficient (Wildman–Crippen LogP) is 3.07. The molecule has 1 aromatic carbocycles. The van der Waals surface area contributed by atoms with E-state index in [-0.39, 0.29) is 0 Å². The molecule has 0 saturated heterocycles. The number of halogens is 1. The summed E-state index contributed by atoms with van der Waals surface area (Å²) in [5.74, 6) is 1.73. The Morgan fingerprint density at radius 1 is 1.40 bits per heavy atom. The standard InChI is InChI=1S/C15H22BrN3O/c1-17-15(19-12-5-3-4-6-12)18-10-11-7-8-14(20-2)13(16)9-11/h7-9,12H,3-6,10H2,1-2H3,(H2,17,18,19). The van der Waals surface area contributed by atoms with E-state index in [9.17, 15) is 0 Å². The van der Waals surface area contributed by atoms with Crippen LogP contribution in [0.25, 0.3) is 0 Å². The zero-order chi connectivity index (χ0) is 14.4. The number of guanidine groups is 1. The first kappa shape index (κ1) is 15.2. The molecule has 110 valence electrons. The van der Waals surface area contributed by atoms with Crippen molar-refractivity contribution in [3.8, 4) is 5.75 Å². The fraction of sp³-hybridized carbons (Fsp3) is 0.533. The normalized spacial score (nSPS) is 16.2. The van der Waals surface area contributed by atoms with E-state index in [1.54, 1.807) is 7.11 Å². The number of methoxy groups -OCH3 is 1. The Morgan fingerprint density at radius 3 is 2.75 bits per heavy atom. The maximum atomic E-state index is 5.23. The van der Waals surface area contributed by atoms with E-state index in [1.165, 1.54) is 31.2 Å². The van der Waals surface area contributed by atoms with Gasteiger partial charge in [-0.15, -0.1) is 0 Å². The van der Waals surface area contributed by atoms with Gasteiger partial charge in [0.05, 0.1) is 11.6 Å². The first-order valence-corrected chi connectivity index (χ1v) is 7.82. The zero-order valence-corrected chi connectivity index (χ0v) is 13.7. The Labute approximate surface area is 129 Å². The second-order valence-corrected chi connectivity index (χ2v) is 5.87. The van der Waals surface area contributed by atoms with Crippen LogP contribution in [0.3, 0.4) is 0 Å². The van der Waals surface area contributed by atoms with E-state index in [4.69, 9.17) is 4.74 Å². The number of rotatable bonds is 4. The van der Waals surface area contributed by atoms with Crippen LogP contribution < -0.4 is 15.4 Å². The van der Waals surface area contributed by atoms with Gasteiger partial charge < -0.3 is 15.4 Å². The summed E-state index contributed by atoms with van der Waals surface area (Å²) in [5.41, 5.74) is 1.19. The Bertz CT molecular complexity index is 470. The van der Waals surface area contributed by atoms with Gasteiger partial charge in [0, 0.05) is 19.6 Å². The molecule has 0 radical (unpaired) electrons. The maximum Gasteiger partial charge on any atom is 0.191 e. The van der Waals surface area contributed by atoms with Gasteiger partial charge in [0.2, 0.25) is 0 Å². The molecule has 2 N–H and O–H groups in total. The highest BCUT2D eigenvalue weighted by atomic mass is 79.9. The van der Waals surface area contributed by atoms with Crippen LogP contribution in [0.5, 0.6) is 5.75 Å². The molecule has 0 aliphatic heterocycles. The quantitative estimate of drug-likeness (QED) is 0.654. The molecule has 0 heterocycles. The monoisotopic (exact) mass is 339 g/mol. The van der Waals surface area contributed by atoms with E-state index in [1.807, 2.05) is 13.1 Å².